The zero-order chi connectivity index (χ0) is 13.0. The van der Waals surface area contributed by atoms with Gasteiger partial charge < -0.3 is 15.2 Å². The maximum atomic E-state index is 5.97. The molecule has 102 valence electrons. The Bertz CT molecular complexity index is 375. The molecule has 1 aromatic rings. The maximum absolute atomic E-state index is 5.97. The molecular formula is C12H21N3O2S. The van der Waals surface area contributed by atoms with Gasteiger partial charge in [0.1, 0.15) is 5.01 Å². The monoisotopic (exact) mass is 271 g/mol. The van der Waals surface area contributed by atoms with Crippen LogP contribution in [0.25, 0.3) is 0 Å². The van der Waals surface area contributed by atoms with Gasteiger partial charge in [-0.2, -0.15) is 0 Å². The van der Waals surface area contributed by atoms with Crippen molar-refractivity contribution >= 4 is 11.3 Å². The summed E-state index contributed by atoms with van der Waals surface area (Å²) in [4.78, 5) is 8.15. The van der Waals surface area contributed by atoms with Crippen LogP contribution in [0.1, 0.15) is 28.5 Å². The molecule has 6 heteroatoms. The van der Waals surface area contributed by atoms with Crippen LogP contribution in [0.4, 0.5) is 0 Å². The van der Waals surface area contributed by atoms with E-state index in [9.17, 15) is 0 Å². The topological polar surface area (TPSA) is 60.6 Å². The van der Waals surface area contributed by atoms with Crippen molar-refractivity contribution in [3.63, 3.8) is 0 Å². The Morgan fingerprint density at radius 3 is 2.83 bits per heavy atom. The Balaban J connectivity index is 2.05. The number of ether oxygens (including phenoxy) is 2. The Morgan fingerprint density at radius 2 is 2.22 bits per heavy atom. The van der Waals surface area contributed by atoms with E-state index in [2.05, 4.69) is 9.88 Å². The second-order valence-electron chi connectivity index (χ2n) is 4.53. The fraction of sp³-hybridized carbons (Fsp3) is 0.750. The van der Waals surface area contributed by atoms with Crippen molar-refractivity contribution in [3.05, 3.63) is 15.6 Å². The SMILES string of the molecule is COCc1nc(CN2CCOCC2)sc1C(C)N. The summed E-state index contributed by atoms with van der Waals surface area (Å²) in [6.45, 7) is 7.01. The minimum Gasteiger partial charge on any atom is -0.379 e. The van der Waals surface area contributed by atoms with Crippen molar-refractivity contribution in [2.75, 3.05) is 33.4 Å². The number of hydrogen-bond donors (Lipinski definition) is 1. The first kappa shape index (κ1) is 13.9. The minimum atomic E-state index is 0.0195. The molecule has 0 aromatic carbocycles. The molecule has 0 amide bonds. The lowest BCUT2D eigenvalue weighted by Crippen LogP contribution is -2.35. The van der Waals surface area contributed by atoms with E-state index >= 15 is 0 Å². The van der Waals surface area contributed by atoms with Gasteiger partial charge in [0, 0.05) is 31.1 Å². The van der Waals surface area contributed by atoms with Crippen LogP contribution < -0.4 is 5.73 Å². The second kappa shape index (κ2) is 6.58. The average molecular weight is 271 g/mol. The van der Waals surface area contributed by atoms with Crippen LogP contribution in [0, 0.1) is 0 Å². The van der Waals surface area contributed by atoms with Crippen LogP contribution in [-0.4, -0.2) is 43.3 Å². The first-order valence-electron chi connectivity index (χ1n) is 6.23. The number of hydrogen-bond acceptors (Lipinski definition) is 6. The molecule has 1 aliphatic rings. The molecule has 5 nitrogen and oxygen atoms in total. The standard InChI is InChI=1S/C12H21N3O2S/c1-9(13)12-10(8-16-2)14-11(18-12)7-15-3-5-17-6-4-15/h9H,3-8,13H2,1-2H3. The van der Waals surface area contributed by atoms with E-state index in [1.807, 2.05) is 6.92 Å². The third kappa shape index (κ3) is 3.49. The highest BCUT2D eigenvalue weighted by Gasteiger charge is 2.17. The Kier molecular flexibility index (Phi) is 5.08. The Hall–Kier alpha value is -0.530. The van der Waals surface area contributed by atoms with Gasteiger partial charge in [0.05, 0.1) is 32.1 Å². The molecule has 1 saturated heterocycles. The van der Waals surface area contributed by atoms with E-state index in [0.717, 1.165) is 48.4 Å². The molecule has 1 aromatic heterocycles. The van der Waals surface area contributed by atoms with Crippen molar-refractivity contribution in [2.24, 2.45) is 5.73 Å². The zero-order valence-corrected chi connectivity index (χ0v) is 11.8. The summed E-state index contributed by atoms with van der Waals surface area (Å²) in [7, 11) is 1.69. The van der Waals surface area contributed by atoms with Crippen molar-refractivity contribution in [1.29, 1.82) is 0 Å². The summed E-state index contributed by atoms with van der Waals surface area (Å²) in [5, 5.41) is 1.12. The molecule has 18 heavy (non-hydrogen) atoms. The van der Waals surface area contributed by atoms with Crippen molar-refractivity contribution < 1.29 is 9.47 Å². The molecule has 0 saturated carbocycles. The third-order valence-electron chi connectivity index (χ3n) is 2.93. The lowest BCUT2D eigenvalue weighted by atomic mass is 10.2. The third-order valence-corrected chi connectivity index (χ3v) is 4.21. The molecule has 0 bridgehead atoms. The van der Waals surface area contributed by atoms with Gasteiger partial charge in [-0.3, -0.25) is 4.90 Å². The molecule has 1 atom stereocenters. The van der Waals surface area contributed by atoms with Crippen LogP contribution in [0.3, 0.4) is 0 Å². The minimum absolute atomic E-state index is 0.0195. The molecule has 2 heterocycles. The Labute approximate surface area is 112 Å². The number of nitrogens with two attached hydrogens (primary N) is 1. The van der Waals surface area contributed by atoms with E-state index in [1.54, 1.807) is 18.4 Å². The molecular weight excluding hydrogens is 250 g/mol. The van der Waals surface area contributed by atoms with Gasteiger partial charge in [-0.05, 0) is 6.92 Å². The highest BCUT2D eigenvalue weighted by molar-refractivity contribution is 7.11. The van der Waals surface area contributed by atoms with Gasteiger partial charge in [0.25, 0.3) is 0 Å². The highest BCUT2D eigenvalue weighted by Crippen LogP contribution is 2.25. The first-order valence-corrected chi connectivity index (χ1v) is 7.05. The number of methoxy groups -OCH3 is 1. The molecule has 0 radical (unpaired) electrons. The number of thiazole rings is 1. The van der Waals surface area contributed by atoms with Crippen LogP contribution in [-0.2, 0) is 22.6 Å². The average Bonchev–Trinajstić information content (AvgIpc) is 2.74. The van der Waals surface area contributed by atoms with E-state index in [0.29, 0.717) is 6.61 Å². The summed E-state index contributed by atoms with van der Waals surface area (Å²) < 4.78 is 10.5. The summed E-state index contributed by atoms with van der Waals surface area (Å²) in [6, 6.07) is 0.0195. The molecule has 1 unspecified atom stereocenters. The van der Waals surface area contributed by atoms with Gasteiger partial charge in [-0.1, -0.05) is 0 Å². The number of nitrogens with zero attached hydrogens (tertiary/aromatic N) is 2. The van der Waals surface area contributed by atoms with Gasteiger partial charge in [-0.25, -0.2) is 4.98 Å². The maximum Gasteiger partial charge on any atom is 0.107 e. The lowest BCUT2D eigenvalue weighted by Gasteiger charge is -2.25. The second-order valence-corrected chi connectivity index (χ2v) is 5.64. The van der Waals surface area contributed by atoms with Gasteiger partial charge >= 0.3 is 0 Å². The number of morpholine rings is 1. The van der Waals surface area contributed by atoms with Crippen molar-refractivity contribution in [3.8, 4) is 0 Å². The van der Waals surface area contributed by atoms with Gasteiger partial charge in [-0.15, -0.1) is 11.3 Å². The number of rotatable bonds is 5. The first-order chi connectivity index (χ1) is 8.70. The highest BCUT2D eigenvalue weighted by atomic mass is 32.1. The molecule has 0 aliphatic carbocycles. The normalized spacial score (nSPS) is 19.1. The lowest BCUT2D eigenvalue weighted by molar-refractivity contribution is 0.0341. The molecule has 1 aliphatic heterocycles. The quantitative estimate of drug-likeness (QED) is 0.870. The predicted molar refractivity (Wildman–Crippen MR) is 71.5 cm³/mol. The van der Waals surface area contributed by atoms with Crippen LogP contribution in [0.15, 0.2) is 0 Å². The zero-order valence-electron chi connectivity index (χ0n) is 11.0. The molecule has 0 spiro atoms. The largest absolute Gasteiger partial charge is 0.379 e. The van der Waals surface area contributed by atoms with Crippen LogP contribution >= 0.6 is 11.3 Å². The van der Waals surface area contributed by atoms with E-state index < -0.39 is 0 Å². The van der Waals surface area contributed by atoms with E-state index in [4.69, 9.17) is 15.2 Å². The predicted octanol–water partition coefficient (Wildman–Crippen LogP) is 1.14. The number of aromatic nitrogens is 1. The molecule has 2 N–H and O–H groups in total. The summed E-state index contributed by atoms with van der Waals surface area (Å²) >= 11 is 1.70. The molecule has 1 fully saturated rings. The summed E-state index contributed by atoms with van der Waals surface area (Å²) in [6.07, 6.45) is 0. The fourth-order valence-corrected chi connectivity index (χ4v) is 3.09. The van der Waals surface area contributed by atoms with Crippen LogP contribution in [0.5, 0.6) is 0 Å². The Morgan fingerprint density at radius 1 is 1.50 bits per heavy atom. The van der Waals surface area contributed by atoms with Crippen LogP contribution in [0.2, 0.25) is 0 Å². The van der Waals surface area contributed by atoms with Gasteiger partial charge in [0.2, 0.25) is 0 Å². The summed E-state index contributed by atoms with van der Waals surface area (Å²) in [5.41, 5.74) is 6.96. The van der Waals surface area contributed by atoms with E-state index in [1.165, 1.54) is 0 Å². The fourth-order valence-electron chi connectivity index (χ4n) is 2.03. The molecule has 2 rings (SSSR count). The van der Waals surface area contributed by atoms with Crippen molar-refractivity contribution in [1.82, 2.24) is 9.88 Å². The summed E-state index contributed by atoms with van der Waals surface area (Å²) in [5.74, 6) is 0. The van der Waals surface area contributed by atoms with Gasteiger partial charge in [0.15, 0.2) is 0 Å². The van der Waals surface area contributed by atoms with E-state index in [-0.39, 0.29) is 6.04 Å². The van der Waals surface area contributed by atoms with Crippen molar-refractivity contribution in [2.45, 2.75) is 26.1 Å². The smallest absolute Gasteiger partial charge is 0.107 e.